The molecule has 0 aliphatic rings. The van der Waals surface area contributed by atoms with E-state index in [0.717, 1.165) is 29.3 Å². The average molecular weight is 421 g/mol. The van der Waals surface area contributed by atoms with Gasteiger partial charge in [0.25, 0.3) is 0 Å². The van der Waals surface area contributed by atoms with Crippen LogP contribution in [-0.2, 0) is 13.6 Å². The van der Waals surface area contributed by atoms with E-state index in [4.69, 9.17) is 5.73 Å². The second kappa shape index (κ2) is 10.1. The van der Waals surface area contributed by atoms with E-state index < -0.39 is 0 Å². The van der Waals surface area contributed by atoms with Gasteiger partial charge in [-0.1, -0.05) is 26.7 Å². The Bertz CT molecular complexity index is 479. The SMILES string of the molecule is Cc1nn(C)c(C)c1CN=C(N)NC(C)CCCC(C)C.I. The lowest BCUT2D eigenvalue weighted by atomic mass is 10.0. The van der Waals surface area contributed by atoms with Crippen LogP contribution in [0.25, 0.3) is 0 Å². The third-order valence-corrected chi connectivity index (χ3v) is 3.88. The third kappa shape index (κ3) is 6.98. The quantitative estimate of drug-likeness (QED) is 0.404. The van der Waals surface area contributed by atoms with Crippen LogP contribution in [0.2, 0.25) is 0 Å². The molecule has 0 aliphatic heterocycles. The Balaban J connectivity index is 0.00000441. The number of nitrogens with zero attached hydrogens (tertiary/aromatic N) is 3. The Morgan fingerprint density at radius 2 is 1.91 bits per heavy atom. The molecule has 0 aliphatic carbocycles. The van der Waals surface area contributed by atoms with Crippen molar-refractivity contribution in [3.63, 3.8) is 0 Å². The van der Waals surface area contributed by atoms with Gasteiger partial charge in [0.1, 0.15) is 0 Å². The van der Waals surface area contributed by atoms with Gasteiger partial charge in [0.2, 0.25) is 0 Å². The highest BCUT2D eigenvalue weighted by Gasteiger charge is 2.09. The summed E-state index contributed by atoms with van der Waals surface area (Å²) < 4.78 is 1.89. The highest BCUT2D eigenvalue weighted by Crippen LogP contribution is 2.13. The Morgan fingerprint density at radius 3 is 2.41 bits per heavy atom. The molecular weight excluding hydrogens is 389 g/mol. The molecule has 0 bridgehead atoms. The minimum atomic E-state index is 0. The van der Waals surface area contributed by atoms with Crippen molar-refractivity contribution in [2.75, 3.05) is 0 Å². The molecule has 0 amide bonds. The molecule has 128 valence electrons. The normalized spacial score (nSPS) is 13.1. The van der Waals surface area contributed by atoms with Gasteiger partial charge in [0.05, 0.1) is 12.2 Å². The van der Waals surface area contributed by atoms with Gasteiger partial charge < -0.3 is 11.1 Å². The summed E-state index contributed by atoms with van der Waals surface area (Å²) in [6.07, 6.45) is 3.61. The number of hydrogen-bond acceptors (Lipinski definition) is 2. The van der Waals surface area contributed by atoms with E-state index in [9.17, 15) is 0 Å². The summed E-state index contributed by atoms with van der Waals surface area (Å²) in [6.45, 7) is 11.3. The van der Waals surface area contributed by atoms with E-state index in [-0.39, 0.29) is 24.0 Å². The number of nitrogens with one attached hydrogen (secondary N) is 1. The summed E-state index contributed by atoms with van der Waals surface area (Å²) in [7, 11) is 1.95. The zero-order valence-corrected chi connectivity index (χ0v) is 17.1. The van der Waals surface area contributed by atoms with Crippen LogP contribution >= 0.6 is 24.0 Å². The lowest BCUT2D eigenvalue weighted by Gasteiger charge is -2.15. The van der Waals surface area contributed by atoms with Crippen LogP contribution in [0.4, 0.5) is 0 Å². The van der Waals surface area contributed by atoms with Crippen LogP contribution in [0.1, 0.15) is 57.0 Å². The molecule has 5 nitrogen and oxygen atoms in total. The summed E-state index contributed by atoms with van der Waals surface area (Å²) in [5, 5.41) is 7.66. The Morgan fingerprint density at radius 1 is 1.27 bits per heavy atom. The standard InChI is InChI=1S/C16H31N5.HI/c1-11(2)8-7-9-12(3)19-16(17)18-10-15-13(4)20-21(6)14(15)5;/h11-12H,7-10H2,1-6H3,(H3,17,18,19);1H. The fourth-order valence-electron chi connectivity index (χ4n) is 2.41. The van der Waals surface area contributed by atoms with E-state index in [0.29, 0.717) is 18.5 Å². The lowest BCUT2D eigenvalue weighted by Crippen LogP contribution is -2.38. The molecule has 0 fully saturated rings. The molecule has 0 saturated carbocycles. The van der Waals surface area contributed by atoms with Gasteiger partial charge in [0.15, 0.2) is 5.96 Å². The minimum Gasteiger partial charge on any atom is -0.370 e. The predicted octanol–water partition coefficient (Wildman–Crippen LogP) is 3.27. The van der Waals surface area contributed by atoms with Gasteiger partial charge in [0, 0.05) is 24.3 Å². The van der Waals surface area contributed by atoms with Crippen LogP contribution in [-0.4, -0.2) is 21.8 Å². The Hall–Kier alpha value is -0.790. The molecule has 0 spiro atoms. The second-order valence-electron chi connectivity index (χ2n) is 6.34. The minimum absolute atomic E-state index is 0. The van der Waals surface area contributed by atoms with Crippen LogP contribution in [0.3, 0.4) is 0 Å². The first-order chi connectivity index (χ1) is 9.81. The number of nitrogens with two attached hydrogens (primary N) is 1. The number of halogens is 1. The number of aromatic nitrogens is 2. The van der Waals surface area contributed by atoms with E-state index >= 15 is 0 Å². The zero-order chi connectivity index (χ0) is 16.0. The molecule has 3 N–H and O–H groups in total. The van der Waals surface area contributed by atoms with Crippen molar-refractivity contribution in [2.45, 2.75) is 66.5 Å². The molecular formula is C16H32IN5. The largest absolute Gasteiger partial charge is 0.370 e. The van der Waals surface area contributed by atoms with E-state index in [1.54, 1.807) is 0 Å². The topological polar surface area (TPSA) is 68.2 Å². The van der Waals surface area contributed by atoms with Crippen molar-refractivity contribution < 1.29 is 0 Å². The second-order valence-corrected chi connectivity index (χ2v) is 6.34. The molecule has 0 aromatic carbocycles. The lowest BCUT2D eigenvalue weighted by molar-refractivity contribution is 0.493. The van der Waals surface area contributed by atoms with Crippen molar-refractivity contribution >= 4 is 29.9 Å². The van der Waals surface area contributed by atoms with Gasteiger partial charge in [-0.05, 0) is 33.1 Å². The van der Waals surface area contributed by atoms with E-state index in [1.807, 2.05) is 18.7 Å². The molecule has 1 unspecified atom stereocenters. The maximum absolute atomic E-state index is 5.97. The molecule has 1 atom stereocenters. The first-order valence-corrected chi connectivity index (χ1v) is 7.86. The van der Waals surface area contributed by atoms with Crippen molar-refractivity contribution in [2.24, 2.45) is 23.7 Å². The molecule has 1 aromatic rings. The average Bonchev–Trinajstić information content (AvgIpc) is 2.60. The van der Waals surface area contributed by atoms with Crippen molar-refractivity contribution in [3.05, 3.63) is 17.0 Å². The fraction of sp³-hybridized carbons (Fsp3) is 0.750. The number of hydrogen-bond donors (Lipinski definition) is 2. The fourth-order valence-corrected chi connectivity index (χ4v) is 2.41. The van der Waals surface area contributed by atoms with E-state index in [1.165, 1.54) is 12.8 Å². The van der Waals surface area contributed by atoms with Crippen LogP contribution in [0.15, 0.2) is 4.99 Å². The molecule has 1 heterocycles. The van der Waals surface area contributed by atoms with Gasteiger partial charge >= 0.3 is 0 Å². The Labute approximate surface area is 152 Å². The van der Waals surface area contributed by atoms with Crippen LogP contribution in [0, 0.1) is 19.8 Å². The van der Waals surface area contributed by atoms with Crippen LogP contribution < -0.4 is 11.1 Å². The molecule has 0 radical (unpaired) electrons. The van der Waals surface area contributed by atoms with Crippen molar-refractivity contribution in [1.82, 2.24) is 15.1 Å². The maximum Gasteiger partial charge on any atom is 0.189 e. The number of guanidine groups is 1. The molecule has 22 heavy (non-hydrogen) atoms. The summed E-state index contributed by atoms with van der Waals surface area (Å²) in [4.78, 5) is 4.44. The molecule has 1 rings (SSSR count). The highest BCUT2D eigenvalue weighted by molar-refractivity contribution is 14.0. The Kier molecular flexibility index (Phi) is 9.71. The summed E-state index contributed by atoms with van der Waals surface area (Å²) in [6, 6.07) is 0.364. The summed E-state index contributed by atoms with van der Waals surface area (Å²) in [5.41, 5.74) is 9.31. The summed E-state index contributed by atoms with van der Waals surface area (Å²) >= 11 is 0. The van der Waals surface area contributed by atoms with Crippen molar-refractivity contribution in [3.8, 4) is 0 Å². The maximum atomic E-state index is 5.97. The van der Waals surface area contributed by atoms with Gasteiger partial charge in [-0.25, -0.2) is 4.99 Å². The monoisotopic (exact) mass is 421 g/mol. The van der Waals surface area contributed by atoms with Gasteiger partial charge in [-0.15, -0.1) is 24.0 Å². The first kappa shape index (κ1) is 21.2. The first-order valence-electron chi connectivity index (χ1n) is 7.86. The van der Waals surface area contributed by atoms with Gasteiger partial charge in [-0.2, -0.15) is 5.10 Å². The number of aliphatic imine (C=N–C) groups is 1. The predicted molar refractivity (Wildman–Crippen MR) is 105 cm³/mol. The van der Waals surface area contributed by atoms with Gasteiger partial charge in [-0.3, -0.25) is 4.68 Å². The zero-order valence-electron chi connectivity index (χ0n) is 14.8. The third-order valence-electron chi connectivity index (χ3n) is 3.88. The molecule has 1 aromatic heterocycles. The number of aryl methyl sites for hydroxylation is 2. The molecule has 6 heteroatoms. The number of rotatable bonds is 7. The molecule has 0 saturated heterocycles. The highest BCUT2D eigenvalue weighted by atomic mass is 127. The van der Waals surface area contributed by atoms with Crippen LogP contribution in [0.5, 0.6) is 0 Å². The summed E-state index contributed by atoms with van der Waals surface area (Å²) in [5.74, 6) is 1.29. The van der Waals surface area contributed by atoms with Crippen molar-refractivity contribution in [1.29, 1.82) is 0 Å². The van der Waals surface area contributed by atoms with E-state index in [2.05, 4.69) is 43.1 Å². The smallest absolute Gasteiger partial charge is 0.189 e.